The molecule has 0 spiro atoms. The summed E-state index contributed by atoms with van der Waals surface area (Å²) < 4.78 is 7.16. The van der Waals surface area contributed by atoms with E-state index in [9.17, 15) is 4.79 Å². The van der Waals surface area contributed by atoms with Gasteiger partial charge in [-0.2, -0.15) is 0 Å². The van der Waals surface area contributed by atoms with Crippen molar-refractivity contribution in [2.24, 2.45) is 0 Å². The smallest absolute Gasteiger partial charge is 0.257 e. The number of aromatic nitrogens is 4. The number of ether oxygens (including phenoxy) is 1. The number of hydrogen-bond acceptors (Lipinski definition) is 6. The number of amides is 1. The van der Waals surface area contributed by atoms with Gasteiger partial charge in [0.1, 0.15) is 5.75 Å². The van der Waals surface area contributed by atoms with E-state index in [-0.39, 0.29) is 11.0 Å². The van der Waals surface area contributed by atoms with Crippen LogP contribution in [0.4, 0.5) is 5.95 Å². The molecule has 25 heavy (non-hydrogen) atoms. The molecule has 0 saturated carbocycles. The van der Waals surface area contributed by atoms with Crippen LogP contribution in [0.15, 0.2) is 24.3 Å². The van der Waals surface area contributed by atoms with E-state index >= 15 is 0 Å². The summed E-state index contributed by atoms with van der Waals surface area (Å²) in [6.07, 6.45) is 2.96. The molecule has 1 heterocycles. The van der Waals surface area contributed by atoms with Crippen LogP contribution in [0.2, 0.25) is 0 Å². The van der Waals surface area contributed by atoms with E-state index < -0.39 is 0 Å². The Morgan fingerprint density at radius 1 is 1.24 bits per heavy atom. The van der Waals surface area contributed by atoms with E-state index in [1.54, 1.807) is 28.9 Å². The normalized spacial score (nSPS) is 10.3. The second-order valence-corrected chi connectivity index (χ2v) is 5.77. The summed E-state index contributed by atoms with van der Waals surface area (Å²) in [5.74, 6) is 0.823. The predicted molar refractivity (Wildman–Crippen MR) is 98.6 cm³/mol. The van der Waals surface area contributed by atoms with E-state index in [2.05, 4.69) is 33.1 Å². The van der Waals surface area contributed by atoms with Crippen molar-refractivity contribution in [1.29, 1.82) is 0 Å². The predicted octanol–water partition coefficient (Wildman–Crippen LogP) is 2.39. The fourth-order valence-electron chi connectivity index (χ4n) is 2.00. The zero-order valence-electron chi connectivity index (χ0n) is 14.4. The molecule has 2 aromatic rings. The Bertz CT molecular complexity index is 701. The lowest BCUT2D eigenvalue weighted by Gasteiger charge is -2.10. The Hall–Kier alpha value is -2.55. The quantitative estimate of drug-likeness (QED) is 0.550. The van der Waals surface area contributed by atoms with E-state index in [4.69, 9.17) is 17.0 Å². The summed E-state index contributed by atoms with van der Waals surface area (Å²) in [4.78, 5) is 12.2. The summed E-state index contributed by atoms with van der Waals surface area (Å²) in [6, 6.07) is 6.92. The van der Waals surface area contributed by atoms with Crippen LogP contribution in [0.3, 0.4) is 0 Å². The molecule has 2 N–H and O–H groups in total. The minimum absolute atomic E-state index is 0.139. The molecule has 2 rings (SSSR count). The number of nitrogens with one attached hydrogen (secondary N) is 2. The van der Waals surface area contributed by atoms with Gasteiger partial charge in [0, 0.05) is 12.1 Å². The molecule has 0 aliphatic heterocycles. The molecule has 8 nitrogen and oxygen atoms in total. The number of hydrogen-bond donors (Lipinski definition) is 2. The number of anilines is 1. The van der Waals surface area contributed by atoms with Gasteiger partial charge in [0.05, 0.1) is 6.61 Å². The molecular formula is C16H22N6O2S. The average Bonchev–Trinajstić information content (AvgIpc) is 3.03. The van der Waals surface area contributed by atoms with Gasteiger partial charge in [-0.1, -0.05) is 25.4 Å². The number of rotatable bonds is 8. The van der Waals surface area contributed by atoms with Crippen LogP contribution in [0.25, 0.3) is 0 Å². The summed E-state index contributed by atoms with van der Waals surface area (Å²) in [6.45, 7) is 5.45. The molecule has 1 aromatic heterocycles. The first-order valence-electron chi connectivity index (χ1n) is 8.25. The van der Waals surface area contributed by atoms with E-state index in [0.717, 1.165) is 25.0 Å². The molecule has 1 amide bonds. The number of thiocarbonyl (C=S) groups is 1. The highest BCUT2D eigenvalue weighted by molar-refractivity contribution is 7.80. The lowest BCUT2D eigenvalue weighted by Crippen LogP contribution is -2.35. The van der Waals surface area contributed by atoms with Crippen molar-refractivity contribution in [1.82, 2.24) is 25.5 Å². The fourth-order valence-corrected chi connectivity index (χ4v) is 2.19. The maximum atomic E-state index is 12.2. The summed E-state index contributed by atoms with van der Waals surface area (Å²) >= 11 is 5.14. The fraction of sp³-hybridized carbons (Fsp3) is 0.438. The second-order valence-electron chi connectivity index (χ2n) is 5.36. The Morgan fingerprint density at radius 3 is 2.68 bits per heavy atom. The molecule has 0 aliphatic carbocycles. The third-order valence-corrected chi connectivity index (χ3v) is 3.51. The van der Waals surface area contributed by atoms with E-state index in [0.29, 0.717) is 24.7 Å². The summed E-state index contributed by atoms with van der Waals surface area (Å²) in [7, 11) is 0. The maximum Gasteiger partial charge on any atom is 0.257 e. The van der Waals surface area contributed by atoms with Crippen LogP contribution in [0, 0.1) is 0 Å². The molecule has 0 fully saturated rings. The van der Waals surface area contributed by atoms with Gasteiger partial charge in [-0.05, 0) is 59.8 Å². The number of tetrazole rings is 1. The number of aryl methyl sites for hydroxylation is 1. The average molecular weight is 362 g/mol. The standard InChI is InChI=1S/C16H22N6O2S/c1-3-5-11-24-13-8-6-12(7-9-13)14(23)17-16(25)18-15-19-20-21-22(15)10-4-2/h6-9H,3-5,10-11H2,1-2H3,(H2,17,18,19,21,23,25). The first-order valence-corrected chi connectivity index (χ1v) is 8.66. The van der Waals surface area contributed by atoms with Gasteiger partial charge in [0.25, 0.3) is 5.91 Å². The molecule has 0 bridgehead atoms. The zero-order valence-corrected chi connectivity index (χ0v) is 15.2. The molecule has 9 heteroatoms. The molecule has 0 radical (unpaired) electrons. The first-order chi connectivity index (χ1) is 12.1. The lowest BCUT2D eigenvalue weighted by molar-refractivity contribution is 0.0977. The summed E-state index contributed by atoms with van der Waals surface area (Å²) in [5.41, 5.74) is 0.486. The van der Waals surface area contributed by atoms with Crippen molar-refractivity contribution in [3.63, 3.8) is 0 Å². The highest BCUT2D eigenvalue weighted by Gasteiger charge is 2.11. The third-order valence-electron chi connectivity index (χ3n) is 3.30. The monoisotopic (exact) mass is 362 g/mol. The topological polar surface area (TPSA) is 94.0 Å². The highest BCUT2D eigenvalue weighted by atomic mass is 32.1. The van der Waals surface area contributed by atoms with E-state index in [1.165, 1.54) is 0 Å². The summed E-state index contributed by atoms with van der Waals surface area (Å²) in [5, 5.41) is 16.8. The minimum atomic E-state index is -0.313. The van der Waals surface area contributed by atoms with Crippen LogP contribution in [-0.4, -0.2) is 37.8 Å². The Kier molecular flexibility index (Phi) is 7.27. The van der Waals surface area contributed by atoms with Gasteiger partial charge in [0.2, 0.25) is 5.95 Å². The molecule has 0 aliphatic rings. The Balaban J connectivity index is 1.88. The van der Waals surface area contributed by atoms with Crippen molar-refractivity contribution in [2.75, 3.05) is 11.9 Å². The molecule has 1 aromatic carbocycles. The van der Waals surface area contributed by atoms with Crippen molar-refractivity contribution in [3.05, 3.63) is 29.8 Å². The van der Waals surface area contributed by atoms with Crippen molar-refractivity contribution in [3.8, 4) is 5.75 Å². The maximum absolute atomic E-state index is 12.2. The van der Waals surface area contributed by atoms with Crippen LogP contribution in [-0.2, 0) is 6.54 Å². The van der Waals surface area contributed by atoms with Crippen molar-refractivity contribution >= 4 is 29.2 Å². The Labute approximate surface area is 151 Å². The van der Waals surface area contributed by atoms with Crippen molar-refractivity contribution < 1.29 is 9.53 Å². The van der Waals surface area contributed by atoms with Gasteiger partial charge in [-0.3, -0.25) is 15.4 Å². The van der Waals surface area contributed by atoms with Crippen molar-refractivity contribution in [2.45, 2.75) is 39.7 Å². The van der Waals surface area contributed by atoms with Gasteiger partial charge in [-0.25, -0.2) is 4.68 Å². The van der Waals surface area contributed by atoms with Crippen LogP contribution >= 0.6 is 12.2 Å². The van der Waals surface area contributed by atoms with Gasteiger partial charge in [-0.15, -0.1) is 0 Å². The largest absolute Gasteiger partial charge is 0.494 e. The molecule has 0 atom stereocenters. The van der Waals surface area contributed by atoms with E-state index in [1.807, 2.05) is 6.92 Å². The van der Waals surface area contributed by atoms with Crippen LogP contribution in [0.1, 0.15) is 43.5 Å². The SMILES string of the molecule is CCCCOc1ccc(C(=O)NC(=S)Nc2nnnn2CCC)cc1. The number of unbranched alkanes of at least 4 members (excludes halogenated alkanes) is 1. The minimum Gasteiger partial charge on any atom is -0.494 e. The molecule has 0 unspecified atom stereocenters. The zero-order chi connectivity index (χ0) is 18.1. The highest BCUT2D eigenvalue weighted by Crippen LogP contribution is 2.12. The lowest BCUT2D eigenvalue weighted by atomic mass is 10.2. The van der Waals surface area contributed by atoms with Crippen LogP contribution in [0.5, 0.6) is 5.75 Å². The number of carbonyl (C=O) groups excluding carboxylic acids is 1. The van der Waals surface area contributed by atoms with Gasteiger partial charge in [0.15, 0.2) is 5.11 Å². The molecule has 134 valence electrons. The molecular weight excluding hydrogens is 340 g/mol. The molecule has 0 saturated heterocycles. The van der Waals surface area contributed by atoms with Crippen LogP contribution < -0.4 is 15.4 Å². The van der Waals surface area contributed by atoms with Gasteiger partial charge < -0.3 is 4.74 Å². The first kappa shape index (κ1) is 18.8. The number of benzene rings is 1. The van der Waals surface area contributed by atoms with Gasteiger partial charge >= 0.3 is 0 Å². The Morgan fingerprint density at radius 2 is 2.00 bits per heavy atom. The number of carbonyl (C=O) groups is 1. The third kappa shape index (κ3) is 5.79. The number of nitrogens with zero attached hydrogens (tertiary/aromatic N) is 4. The second kappa shape index (κ2) is 9.67.